The molecule has 0 aliphatic carbocycles. The number of carbonyl (C=O) groups is 1. The highest BCUT2D eigenvalue weighted by molar-refractivity contribution is 7.07. The Kier molecular flexibility index (Phi) is 7.74. The number of aromatic nitrogens is 1. The number of hydrogen-bond donors (Lipinski definition) is 0. The number of thiazole rings is 1. The van der Waals surface area contributed by atoms with Crippen molar-refractivity contribution in [3.63, 3.8) is 0 Å². The Bertz CT molecular complexity index is 1690. The van der Waals surface area contributed by atoms with E-state index >= 15 is 0 Å². The average Bonchev–Trinajstić information content (AvgIpc) is 3.26. The fourth-order valence-electron chi connectivity index (χ4n) is 4.45. The van der Waals surface area contributed by atoms with Crippen LogP contribution in [0.25, 0.3) is 6.08 Å². The highest BCUT2D eigenvalue weighted by Gasteiger charge is 2.33. The van der Waals surface area contributed by atoms with Gasteiger partial charge in [-0.05, 0) is 60.9 Å². The predicted molar refractivity (Wildman–Crippen MR) is 151 cm³/mol. The zero-order valence-electron chi connectivity index (χ0n) is 21.9. The van der Waals surface area contributed by atoms with Crippen LogP contribution >= 0.6 is 11.3 Å². The number of methoxy groups -OCH3 is 1. The average molecular weight is 541 g/mol. The van der Waals surface area contributed by atoms with Gasteiger partial charge in [0, 0.05) is 0 Å². The first-order valence-corrected chi connectivity index (χ1v) is 13.4. The van der Waals surface area contributed by atoms with Crippen molar-refractivity contribution in [1.82, 2.24) is 4.57 Å². The van der Waals surface area contributed by atoms with Gasteiger partial charge in [0.1, 0.15) is 18.1 Å². The van der Waals surface area contributed by atoms with Crippen LogP contribution in [0, 0.1) is 0 Å². The monoisotopic (exact) mass is 540 g/mol. The molecule has 39 heavy (non-hydrogen) atoms. The minimum atomic E-state index is -0.665. The second-order valence-electron chi connectivity index (χ2n) is 8.92. The molecule has 0 bridgehead atoms. The zero-order valence-corrected chi connectivity index (χ0v) is 22.7. The second-order valence-corrected chi connectivity index (χ2v) is 9.93. The maximum absolute atomic E-state index is 13.7. The molecule has 5 rings (SSSR count). The van der Waals surface area contributed by atoms with Gasteiger partial charge in [-0.2, -0.15) is 0 Å². The summed E-state index contributed by atoms with van der Waals surface area (Å²) in [5, 5.41) is 0. The van der Waals surface area contributed by atoms with Crippen molar-refractivity contribution in [2.75, 3.05) is 13.7 Å². The van der Waals surface area contributed by atoms with Crippen LogP contribution in [-0.4, -0.2) is 24.3 Å². The fourth-order valence-corrected chi connectivity index (χ4v) is 5.49. The number of hydrogen-bond acceptors (Lipinski definition) is 7. The number of rotatable bonds is 8. The molecule has 0 N–H and O–H groups in total. The lowest BCUT2D eigenvalue weighted by Crippen LogP contribution is -2.39. The van der Waals surface area contributed by atoms with Gasteiger partial charge in [-0.15, -0.1) is 0 Å². The van der Waals surface area contributed by atoms with Gasteiger partial charge in [0.15, 0.2) is 4.80 Å². The fraction of sp³-hybridized carbons (Fsp3) is 0.194. The molecule has 0 amide bonds. The van der Waals surface area contributed by atoms with E-state index in [0.29, 0.717) is 33.0 Å². The first kappa shape index (κ1) is 26.2. The summed E-state index contributed by atoms with van der Waals surface area (Å²) in [6.45, 7) is 4.23. The molecule has 1 atom stereocenters. The molecule has 1 aliphatic heterocycles. The molecular formula is C31H28N2O5S. The summed E-state index contributed by atoms with van der Waals surface area (Å²) in [4.78, 5) is 31.9. The van der Waals surface area contributed by atoms with E-state index in [-0.39, 0.29) is 12.2 Å². The molecule has 0 radical (unpaired) electrons. The van der Waals surface area contributed by atoms with Gasteiger partial charge < -0.3 is 14.2 Å². The molecule has 0 saturated heterocycles. The van der Waals surface area contributed by atoms with Crippen molar-refractivity contribution in [2.24, 2.45) is 4.99 Å². The van der Waals surface area contributed by atoms with Crippen molar-refractivity contribution < 1.29 is 19.0 Å². The Balaban J connectivity index is 1.51. The highest BCUT2D eigenvalue weighted by Crippen LogP contribution is 2.31. The van der Waals surface area contributed by atoms with Crippen LogP contribution in [0.2, 0.25) is 0 Å². The number of benzene rings is 3. The van der Waals surface area contributed by atoms with Crippen LogP contribution in [0.3, 0.4) is 0 Å². The molecule has 0 saturated carbocycles. The minimum Gasteiger partial charge on any atom is -0.497 e. The summed E-state index contributed by atoms with van der Waals surface area (Å²) >= 11 is 1.29. The third-order valence-corrected chi connectivity index (χ3v) is 7.36. The summed E-state index contributed by atoms with van der Waals surface area (Å²) in [5.41, 5.74) is 3.36. The Labute approximate surface area is 229 Å². The van der Waals surface area contributed by atoms with Crippen molar-refractivity contribution in [1.29, 1.82) is 0 Å². The van der Waals surface area contributed by atoms with Crippen molar-refractivity contribution in [2.45, 2.75) is 26.5 Å². The Morgan fingerprint density at radius 3 is 2.36 bits per heavy atom. The van der Waals surface area contributed by atoms with E-state index in [0.717, 1.165) is 22.4 Å². The second kappa shape index (κ2) is 11.5. The molecule has 0 spiro atoms. The van der Waals surface area contributed by atoms with Gasteiger partial charge in [0.2, 0.25) is 0 Å². The van der Waals surface area contributed by atoms with E-state index in [9.17, 15) is 9.59 Å². The maximum atomic E-state index is 13.7. The van der Waals surface area contributed by atoms with Crippen molar-refractivity contribution in [3.05, 3.63) is 127 Å². The van der Waals surface area contributed by atoms with E-state index in [1.165, 1.54) is 11.3 Å². The lowest BCUT2D eigenvalue weighted by molar-refractivity contribution is -0.139. The topological polar surface area (TPSA) is 79.1 Å². The molecule has 1 aromatic heterocycles. The van der Waals surface area contributed by atoms with Gasteiger partial charge in [0.05, 0.1) is 35.6 Å². The summed E-state index contributed by atoms with van der Waals surface area (Å²) in [5.74, 6) is 0.937. The van der Waals surface area contributed by atoms with E-state index in [4.69, 9.17) is 14.2 Å². The molecular weight excluding hydrogens is 512 g/mol. The van der Waals surface area contributed by atoms with Crippen LogP contribution in [0.15, 0.2) is 99.9 Å². The Hall–Kier alpha value is -4.43. The smallest absolute Gasteiger partial charge is 0.338 e. The normalized spacial score (nSPS) is 14.9. The van der Waals surface area contributed by atoms with E-state index in [1.54, 1.807) is 25.5 Å². The van der Waals surface area contributed by atoms with Crippen LogP contribution in [-0.2, 0) is 16.1 Å². The Morgan fingerprint density at radius 2 is 1.69 bits per heavy atom. The van der Waals surface area contributed by atoms with Crippen LogP contribution < -0.4 is 24.4 Å². The molecule has 2 heterocycles. The van der Waals surface area contributed by atoms with Gasteiger partial charge in [0.25, 0.3) is 5.56 Å². The minimum absolute atomic E-state index is 0.223. The number of nitrogens with zero attached hydrogens (tertiary/aromatic N) is 2. The first-order valence-electron chi connectivity index (χ1n) is 12.6. The molecule has 0 fully saturated rings. The van der Waals surface area contributed by atoms with Crippen LogP contribution in [0.4, 0.5) is 0 Å². The first-order chi connectivity index (χ1) is 19.0. The van der Waals surface area contributed by atoms with Crippen molar-refractivity contribution >= 4 is 23.4 Å². The third kappa shape index (κ3) is 5.56. The molecule has 4 aromatic rings. The Morgan fingerprint density at radius 1 is 1.00 bits per heavy atom. The van der Waals surface area contributed by atoms with Crippen LogP contribution in [0.5, 0.6) is 11.5 Å². The largest absolute Gasteiger partial charge is 0.497 e. The number of esters is 1. The lowest BCUT2D eigenvalue weighted by Gasteiger charge is -2.24. The third-order valence-electron chi connectivity index (χ3n) is 6.37. The number of fused-ring (bicyclic) bond motifs is 1. The van der Waals surface area contributed by atoms with Crippen molar-refractivity contribution in [3.8, 4) is 11.5 Å². The van der Waals surface area contributed by atoms with Crippen LogP contribution in [0.1, 0.15) is 36.6 Å². The quantitative estimate of drug-likeness (QED) is 0.310. The molecule has 198 valence electrons. The summed E-state index contributed by atoms with van der Waals surface area (Å²) in [6.07, 6.45) is 1.83. The van der Waals surface area contributed by atoms with Gasteiger partial charge in [-0.3, -0.25) is 9.36 Å². The SMILES string of the molecule is CCOC(=O)C1=C(C)N=c2s/c(=C/c3ccc(OCc4ccccc4)cc3)c(=O)n2C1c1ccc(OC)cc1. The van der Waals surface area contributed by atoms with Gasteiger partial charge in [-0.1, -0.05) is 65.9 Å². The van der Waals surface area contributed by atoms with Gasteiger partial charge >= 0.3 is 5.97 Å². The number of ether oxygens (including phenoxy) is 3. The molecule has 7 nitrogen and oxygen atoms in total. The number of carbonyl (C=O) groups excluding carboxylic acids is 1. The molecule has 3 aromatic carbocycles. The maximum Gasteiger partial charge on any atom is 0.338 e. The lowest BCUT2D eigenvalue weighted by atomic mass is 9.96. The highest BCUT2D eigenvalue weighted by atomic mass is 32.1. The van der Waals surface area contributed by atoms with E-state index < -0.39 is 12.0 Å². The molecule has 8 heteroatoms. The summed E-state index contributed by atoms with van der Waals surface area (Å²) in [6, 6.07) is 24.2. The standard InChI is InChI=1S/C31H28N2O5S/c1-4-37-30(35)27-20(2)32-31-33(28(27)23-12-16-24(36-3)17-13-23)29(34)26(39-31)18-21-10-14-25(15-11-21)38-19-22-8-6-5-7-9-22/h5-18,28H,4,19H2,1-3H3/b26-18+. The van der Waals surface area contributed by atoms with Gasteiger partial charge in [-0.25, -0.2) is 9.79 Å². The molecule has 1 unspecified atom stereocenters. The summed E-state index contributed by atoms with van der Waals surface area (Å²) < 4.78 is 18.6. The molecule has 1 aliphatic rings. The zero-order chi connectivity index (χ0) is 27.4. The number of allylic oxidation sites excluding steroid dienone is 1. The predicted octanol–water partition coefficient (Wildman–Crippen LogP) is 4.39. The summed E-state index contributed by atoms with van der Waals surface area (Å²) in [7, 11) is 1.59. The van der Waals surface area contributed by atoms with E-state index in [2.05, 4.69) is 4.99 Å². The van der Waals surface area contributed by atoms with E-state index in [1.807, 2.05) is 84.9 Å².